The predicted octanol–water partition coefficient (Wildman–Crippen LogP) is 3.75. The number of ether oxygens (including phenoxy) is 3. The first kappa shape index (κ1) is 29.0. The molecular weight excluding hydrogens is 538 g/mol. The molecule has 0 aliphatic carbocycles. The molecule has 2 aromatic carbocycles. The first-order valence-electron chi connectivity index (χ1n) is 12.9. The van der Waals surface area contributed by atoms with Crippen LogP contribution in [0.25, 0.3) is 0 Å². The van der Waals surface area contributed by atoms with Crippen LogP contribution in [0.2, 0.25) is 5.02 Å². The molecule has 2 N–H and O–H groups in total. The zero-order valence-electron chi connectivity index (χ0n) is 22.4. The fourth-order valence-electron chi connectivity index (χ4n) is 4.47. The van der Waals surface area contributed by atoms with Gasteiger partial charge in [-0.3, -0.25) is 14.4 Å². The molecule has 1 aromatic heterocycles. The van der Waals surface area contributed by atoms with Gasteiger partial charge in [0.1, 0.15) is 6.04 Å². The second-order valence-electron chi connectivity index (χ2n) is 9.21. The van der Waals surface area contributed by atoms with Crippen molar-refractivity contribution in [2.75, 3.05) is 33.9 Å². The Hall–Kier alpha value is -4.02. The highest BCUT2D eigenvalue weighted by atomic mass is 35.5. The molecular formula is C29H32ClN3O7. The van der Waals surface area contributed by atoms with Crippen molar-refractivity contribution in [1.82, 2.24) is 15.5 Å². The molecule has 1 aliphatic heterocycles. The summed E-state index contributed by atoms with van der Waals surface area (Å²) in [6, 6.07) is 14.0. The molecule has 11 heteroatoms. The average Bonchev–Trinajstić information content (AvgIpc) is 3.70. The number of amides is 3. The van der Waals surface area contributed by atoms with Crippen molar-refractivity contribution >= 4 is 29.3 Å². The summed E-state index contributed by atoms with van der Waals surface area (Å²) >= 11 is 6.08. The van der Waals surface area contributed by atoms with Crippen LogP contribution < -0.4 is 20.1 Å². The highest BCUT2D eigenvalue weighted by Gasteiger charge is 2.33. The van der Waals surface area contributed by atoms with Gasteiger partial charge in [0.05, 0.1) is 33.1 Å². The topological polar surface area (TPSA) is 119 Å². The molecule has 0 unspecified atom stereocenters. The van der Waals surface area contributed by atoms with Crippen molar-refractivity contribution in [2.45, 2.75) is 31.5 Å². The normalized spacial score (nSPS) is 15.2. The summed E-state index contributed by atoms with van der Waals surface area (Å²) in [6.45, 7) is 0.659. The lowest BCUT2D eigenvalue weighted by Gasteiger charge is -2.32. The number of carbonyl (C=O) groups is 3. The fourth-order valence-corrected chi connectivity index (χ4v) is 4.60. The first-order valence-corrected chi connectivity index (χ1v) is 13.2. The van der Waals surface area contributed by atoms with Crippen molar-refractivity contribution in [3.05, 3.63) is 82.8 Å². The van der Waals surface area contributed by atoms with E-state index < -0.39 is 23.8 Å². The van der Waals surface area contributed by atoms with Crippen molar-refractivity contribution in [2.24, 2.45) is 0 Å². The monoisotopic (exact) mass is 569 g/mol. The van der Waals surface area contributed by atoms with Crippen LogP contribution in [0, 0.1) is 0 Å². The van der Waals surface area contributed by atoms with Crippen LogP contribution in [0.1, 0.15) is 40.6 Å². The molecule has 4 rings (SSSR count). The summed E-state index contributed by atoms with van der Waals surface area (Å²) < 4.78 is 21.6. The number of furan rings is 1. The highest BCUT2D eigenvalue weighted by Crippen LogP contribution is 2.33. The Balaban J connectivity index is 1.67. The molecule has 0 bridgehead atoms. The smallest absolute Gasteiger partial charge is 0.287 e. The number of methoxy groups -OCH3 is 2. The van der Waals surface area contributed by atoms with E-state index in [1.165, 1.54) is 31.4 Å². The molecule has 1 fully saturated rings. The molecule has 1 aliphatic rings. The Morgan fingerprint density at radius 3 is 2.48 bits per heavy atom. The van der Waals surface area contributed by atoms with Crippen LogP contribution in [-0.2, 0) is 20.9 Å². The molecule has 2 atom stereocenters. The molecule has 40 heavy (non-hydrogen) atoms. The van der Waals surface area contributed by atoms with Crippen LogP contribution in [0.15, 0.2) is 65.3 Å². The van der Waals surface area contributed by atoms with Gasteiger partial charge in [0.25, 0.3) is 5.91 Å². The number of nitrogens with zero attached hydrogens (tertiary/aromatic N) is 1. The highest BCUT2D eigenvalue weighted by molar-refractivity contribution is 6.30. The van der Waals surface area contributed by atoms with Crippen molar-refractivity contribution in [1.29, 1.82) is 0 Å². The Morgan fingerprint density at radius 2 is 1.82 bits per heavy atom. The van der Waals surface area contributed by atoms with Gasteiger partial charge in [-0.1, -0.05) is 29.8 Å². The second-order valence-corrected chi connectivity index (χ2v) is 9.64. The molecule has 0 saturated carbocycles. The maximum absolute atomic E-state index is 13.8. The summed E-state index contributed by atoms with van der Waals surface area (Å²) in [5.41, 5.74) is 1.25. The van der Waals surface area contributed by atoms with E-state index in [-0.39, 0.29) is 25.0 Å². The van der Waals surface area contributed by atoms with Gasteiger partial charge in [-0.25, -0.2) is 0 Å². The maximum atomic E-state index is 13.8. The Kier molecular flexibility index (Phi) is 10.0. The second kappa shape index (κ2) is 13.9. The van der Waals surface area contributed by atoms with E-state index in [4.69, 9.17) is 30.2 Å². The van der Waals surface area contributed by atoms with Gasteiger partial charge < -0.3 is 34.2 Å². The average molecular weight is 570 g/mol. The van der Waals surface area contributed by atoms with Gasteiger partial charge in [0, 0.05) is 24.7 Å². The van der Waals surface area contributed by atoms with Crippen LogP contribution in [0.4, 0.5) is 0 Å². The summed E-state index contributed by atoms with van der Waals surface area (Å²) in [4.78, 5) is 41.5. The zero-order valence-corrected chi connectivity index (χ0v) is 23.1. The Bertz CT molecular complexity index is 1290. The van der Waals surface area contributed by atoms with Crippen LogP contribution in [0.5, 0.6) is 11.5 Å². The minimum absolute atomic E-state index is 0.0684. The van der Waals surface area contributed by atoms with Gasteiger partial charge in [0.2, 0.25) is 11.8 Å². The van der Waals surface area contributed by atoms with E-state index in [1.54, 1.807) is 48.5 Å². The Morgan fingerprint density at radius 1 is 1.05 bits per heavy atom. The van der Waals surface area contributed by atoms with Crippen LogP contribution >= 0.6 is 11.6 Å². The number of rotatable bonds is 12. The lowest BCUT2D eigenvalue weighted by atomic mass is 10.0. The number of halogens is 1. The fraction of sp³-hybridized carbons (Fsp3) is 0.345. The number of nitrogens with one attached hydrogen (secondary N) is 2. The zero-order chi connectivity index (χ0) is 28.5. The summed E-state index contributed by atoms with van der Waals surface area (Å²) in [7, 11) is 3.01. The minimum Gasteiger partial charge on any atom is -0.493 e. The standard InChI is InChI=1S/C29H32ClN3O7/c1-37-23-12-9-20(15-25(23)38-2)27(29(36)31-16-22-5-3-13-39-22)33(18-19-7-10-21(30)11-8-19)26(34)17-32-28(35)24-6-4-14-40-24/h4,6-12,14-15,22,27H,3,5,13,16-18H2,1-2H3,(H,31,36)(H,32,35)/t22-,27-/m1/s1. The number of carbonyl (C=O) groups excluding carboxylic acids is 3. The van der Waals surface area contributed by atoms with Gasteiger partial charge >= 0.3 is 0 Å². The molecule has 2 heterocycles. The van der Waals surface area contributed by atoms with Gasteiger partial charge in [-0.05, 0) is 60.4 Å². The maximum Gasteiger partial charge on any atom is 0.287 e. The molecule has 3 aromatic rings. The SMILES string of the molecule is COc1ccc([C@H](C(=O)NC[C@H]2CCCO2)N(Cc2ccc(Cl)cc2)C(=O)CNC(=O)c2ccco2)cc1OC. The summed E-state index contributed by atoms with van der Waals surface area (Å²) in [6.07, 6.45) is 3.04. The number of benzene rings is 2. The molecule has 10 nitrogen and oxygen atoms in total. The summed E-state index contributed by atoms with van der Waals surface area (Å²) in [5.74, 6) is -0.476. The van der Waals surface area contributed by atoms with Crippen LogP contribution in [-0.4, -0.2) is 62.6 Å². The van der Waals surface area contributed by atoms with E-state index in [9.17, 15) is 14.4 Å². The molecule has 0 spiro atoms. The number of hydrogen-bond acceptors (Lipinski definition) is 7. The molecule has 1 saturated heterocycles. The van der Waals surface area contributed by atoms with Gasteiger partial charge in [-0.2, -0.15) is 0 Å². The lowest BCUT2D eigenvalue weighted by Crippen LogP contribution is -2.48. The molecule has 3 amide bonds. The third-order valence-corrected chi connectivity index (χ3v) is 6.79. The van der Waals surface area contributed by atoms with Crippen molar-refractivity contribution < 1.29 is 33.0 Å². The Labute approximate surface area is 237 Å². The van der Waals surface area contributed by atoms with Gasteiger partial charge in [-0.15, -0.1) is 0 Å². The minimum atomic E-state index is -1.06. The van der Waals surface area contributed by atoms with Crippen molar-refractivity contribution in [3.8, 4) is 11.5 Å². The lowest BCUT2D eigenvalue weighted by molar-refractivity contribution is -0.141. The predicted molar refractivity (Wildman–Crippen MR) is 147 cm³/mol. The van der Waals surface area contributed by atoms with E-state index in [2.05, 4.69) is 10.6 Å². The van der Waals surface area contributed by atoms with E-state index in [0.29, 0.717) is 35.2 Å². The van der Waals surface area contributed by atoms with E-state index >= 15 is 0 Å². The van der Waals surface area contributed by atoms with Gasteiger partial charge in [0.15, 0.2) is 17.3 Å². The quantitative estimate of drug-likeness (QED) is 0.341. The van der Waals surface area contributed by atoms with E-state index in [1.807, 2.05) is 0 Å². The third-order valence-electron chi connectivity index (χ3n) is 6.54. The van der Waals surface area contributed by atoms with E-state index in [0.717, 1.165) is 18.4 Å². The third kappa shape index (κ3) is 7.34. The number of hydrogen-bond donors (Lipinski definition) is 2. The first-order chi connectivity index (χ1) is 19.4. The van der Waals surface area contributed by atoms with Crippen LogP contribution in [0.3, 0.4) is 0 Å². The molecule has 212 valence electrons. The summed E-state index contributed by atoms with van der Waals surface area (Å²) in [5, 5.41) is 6.07. The van der Waals surface area contributed by atoms with Crippen molar-refractivity contribution in [3.63, 3.8) is 0 Å². The molecule has 0 radical (unpaired) electrons. The largest absolute Gasteiger partial charge is 0.493 e.